The second-order valence-corrected chi connectivity index (χ2v) is 6.17. The van der Waals surface area contributed by atoms with Crippen LogP contribution in [0.25, 0.3) is 0 Å². The summed E-state index contributed by atoms with van der Waals surface area (Å²) in [5.41, 5.74) is 1.89. The molecular weight excluding hydrogens is 304 g/mol. The van der Waals surface area contributed by atoms with Crippen LogP contribution in [0.2, 0.25) is 0 Å². The molecule has 1 N–H and O–H groups in total. The van der Waals surface area contributed by atoms with Gasteiger partial charge in [-0.3, -0.25) is 0 Å². The van der Waals surface area contributed by atoms with E-state index in [1.165, 1.54) is 0 Å². The molecule has 0 saturated carbocycles. The molecule has 0 radical (unpaired) electrons. The van der Waals surface area contributed by atoms with Gasteiger partial charge >= 0.3 is 6.03 Å². The number of urea groups is 1. The van der Waals surface area contributed by atoms with Gasteiger partial charge in [-0.1, -0.05) is 0 Å². The van der Waals surface area contributed by atoms with Crippen LogP contribution >= 0.6 is 0 Å². The number of carbonyl (C=O) groups excluding carboxylic acids is 1. The molecule has 2 rings (SSSR count). The summed E-state index contributed by atoms with van der Waals surface area (Å²) in [6.45, 7) is 9.29. The zero-order valence-corrected chi connectivity index (χ0v) is 14.7. The molecule has 2 atom stereocenters. The fourth-order valence-electron chi connectivity index (χ4n) is 2.74. The number of ether oxygens (including phenoxy) is 1. The number of anilines is 2. The third-order valence-corrected chi connectivity index (χ3v) is 4.11. The second kappa shape index (κ2) is 8.55. The Morgan fingerprint density at radius 3 is 2.79 bits per heavy atom. The van der Waals surface area contributed by atoms with Crippen LogP contribution in [-0.2, 0) is 4.74 Å². The molecule has 0 spiro atoms. The van der Waals surface area contributed by atoms with E-state index in [1.807, 2.05) is 38.1 Å². The molecule has 1 aromatic rings. The van der Waals surface area contributed by atoms with Crippen molar-refractivity contribution in [3.8, 4) is 6.07 Å². The van der Waals surface area contributed by atoms with E-state index < -0.39 is 0 Å². The van der Waals surface area contributed by atoms with Gasteiger partial charge in [-0.05, 0) is 45.0 Å². The maximum absolute atomic E-state index is 12.3. The summed E-state index contributed by atoms with van der Waals surface area (Å²) in [6.07, 6.45) is 0.235. The van der Waals surface area contributed by atoms with Crippen LogP contribution in [0, 0.1) is 17.2 Å². The van der Waals surface area contributed by atoms with Crippen LogP contribution in [0.4, 0.5) is 16.2 Å². The highest BCUT2D eigenvalue weighted by Gasteiger charge is 2.18. The molecule has 2 amide bonds. The number of morpholine rings is 1. The number of nitrogens with zero attached hydrogens (tertiary/aromatic N) is 3. The first-order valence-electron chi connectivity index (χ1n) is 8.45. The van der Waals surface area contributed by atoms with Crippen molar-refractivity contribution in [2.45, 2.75) is 26.9 Å². The molecule has 6 nitrogen and oxygen atoms in total. The molecule has 1 saturated heterocycles. The molecule has 24 heavy (non-hydrogen) atoms. The molecule has 0 aromatic heterocycles. The first kappa shape index (κ1) is 18.1. The number of hydrogen-bond donors (Lipinski definition) is 1. The molecular formula is C18H26N4O2. The van der Waals surface area contributed by atoms with Crippen LogP contribution in [-0.4, -0.2) is 49.8 Å². The number of nitrogens with one attached hydrogen (secondary N) is 1. The molecule has 1 aliphatic heterocycles. The Kier molecular flexibility index (Phi) is 6.44. The molecule has 1 heterocycles. The number of rotatable bonds is 5. The predicted molar refractivity (Wildman–Crippen MR) is 95.1 cm³/mol. The Bertz CT molecular complexity index is 582. The van der Waals surface area contributed by atoms with Gasteiger partial charge in [0, 0.05) is 37.6 Å². The van der Waals surface area contributed by atoms with E-state index in [2.05, 4.69) is 23.2 Å². The van der Waals surface area contributed by atoms with E-state index in [-0.39, 0.29) is 18.1 Å². The van der Waals surface area contributed by atoms with Crippen molar-refractivity contribution in [2.75, 3.05) is 43.0 Å². The van der Waals surface area contributed by atoms with Gasteiger partial charge in [0.1, 0.15) is 0 Å². The topological polar surface area (TPSA) is 68.6 Å². The molecule has 130 valence electrons. The van der Waals surface area contributed by atoms with Crippen LogP contribution in [0.5, 0.6) is 0 Å². The number of hydrogen-bond acceptors (Lipinski definition) is 4. The summed E-state index contributed by atoms with van der Waals surface area (Å²) in [5, 5.41) is 11.8. The van der Waals surface area contributed by atoms with Gasteiger partial charge < -0.3 is 19.9 Å². The predicted octanol–water partition coefficient (Wildman–Crippen LogP) is 2.93. The summed E-state index contributed by atoms with van der Waals surface area (Å²) in [4.78, 5) is 16.2. The van der Waals surface area contributed by atoms with Gasteiger partial charge in [0.05, 0.1) is 24.7 Å². The molecule has 1 aliphatic rings. The summed E-state index contributed by atoms with van der Waals surface area (Å²) < 4.78 is 5.56. The van der Waals surface area contributed by atoms with Crippen LogP contribution < -0.4 is 10.2 Å². The molecule has 1 fully saturated rings. The largest absolute Gasteiger partial charge is 0.375 e. The highest BCUT2D eigenvalue weighted by Crippen LogP contribution is 2.20. The SMILES string of the molecule is CCN(C[C@H](C)C#N)C(=O)Nc1ccc(N2CCO[C@@H](C)C2)cc1. The van der Waals surface area contributed by atoms with Crippen molar-refractivity contribution >= 4 is 17.4 Å². The summed E-state index contributed by atoms with van der Waals surface area (Å²) in [7, 11) is 0. The zero-order valence-electron chi connectivity index (χ0n) is 14.7. The average molecular weight is 330 g/mol. The van der Waals surface area contributed by atoms with Gasteiger partial charge in [0.2, 0.25) is 0 Å². The minimum Gasteiger partial charge on any atom is -0.375 e. The number of benzene rings is 1. The van der Waals surface area contributed by atoms with Gasteiger partial charge in [0.25, 0.3) is 0 Å². The van der Waals surface area contributed by atoms with Crippen LogP contribution in [0.15, 0.2) is 24.3 Å². The molecule has 6 heteroatoms. The lowest BCUT2D eigenvalue weighted by Crippen LogP contribution is -2.41. The van der Waals surface area contributed by atoms with Crippen molar-refractivity contribution in [3.05, 3.63) is 24.3 Å². The summed E-state index contributed by atoms with van der Waals surface area (Å²) in [5.74, 6) is -0.179. The maximum atomic E-state index is 12.3. The van der Waals surface area contributed by atoms with Crippen molar-refractivity contribution < 1.29 is 9.53 Å². The van der Waals surface area contributed by atoms with E-state index >= 15 is 0 Å². The van der Waals surface area contributed by atoms with Gasteiger partial charge in [-0.2, -0.15) is 5.26 Å². The lowest BCUT2D eigenvalue weighted by molar-refractivity contribution is 0.0532. The first-order valence-corrected chi connectivity index (χ1v) is 8.45. The average Bonchev–Trinajstić information content (AvgIpc) is 2.60. The normalized spacial score (nSPS) is 18.6. The highest BCUT2D eigenvalue weighted by atomic mass is 16.5. The van der Waals surface area contributed by atoms with Crippen molar-refractivity contribution in [1.82, 2.24) is 4.90 Å². The van der Waals surface area contributed by atoms with Gasteiger partial charge in [0.15, 0.2) is 0 Å². The monoisotopic (exact) mass is 330 g/mol. The lowest BCUT2D eigenvalue weighted by atomic mass is 10.2. The number of carbonyl (C=O) groups is 1. The standard InChI is InChI=1S/C18H26N4O2/c1-4-21(12-14(2)11-19)18(23)20-16-5-7-17(8-6-16)22-9-10-24-15(3)13-22/h5-8,14-15H,4,9-10,12-13H2,1-3H3,(H,20,23)/t14-,15+/m1/s1. The van der Waals surface area contributed by atoms with Gasteiger partial charge in [-0.25, -0.2) is 4.79 Å². The number of nitriles is 1. The Balaban J connectivity index is 1.95. The quantitative estimate of drug-likeness (QED) is 0.901. The van der Waals surface area contributed by atoms with Crippen LogP contribution in [0.3, 0.4) is 0 Å². The van der Waals surface area contributed by atoms with Gasteiger partial charge in [-0.15, -0.1) is 0 Å². The van der Waals surface area contributed by atoms with Crippen molar-refractivity contribution in [3.63, 3.8) is 0 Å². The molecule has 0 unspecified atom stereocenters. The smallest absolute Gasteiger partial charge is 0.321 e. The molecule has 0 bridgehead atoms. The third kappa shape index (κ3) is 4.87. The lowest BCUT2D eigenvalue weighted by Gasteiger charge is -2.33. The molecule has 0 aliphatic carbocycles. The zero-order chi connectivity index (χ0) is 17.5. The fourth-order valence-corrected chi connectivity index (χ4v) is 2.74. The van der Waals surface area contributed by atoms with E-state index in [0.717, 1.165) is 31.1 Å². The van der Waals surface area contributed by atoms with Crippen molar-refractivity contribution in [2.24, 2.45) is 5.92 Å². The highest BCUT2D eigenvalue weighted by molar-refractivity contribution is 5.89. The number of amides is 2. The summed E-state index contributed by atoms with van der Waals surface area (Å²) >= 11 is 0. The molecule has 1 aromatic carbocycles. The van der Waals surface area contributed by atoms with Crippen molar-refractivity contribution in [1.29, 1.82) is 5.26 Å². The Labute approximate surface area is 144 Å². The minimum atomic E-state index is -0.179. The minimum absolute atomic E-state index is 0.174. The maximum Gasteiger partial charge on any atom is 0.321 e. The fraction of sp³-hybridized carbons (Fsp3) is 0.556. The Morgan fingerprint density at radius 2 is 2.21 bits per heavy atom. The van der Waals surface area contributed by atoms with Crippen LogP contribution in [0.1, 0.15) is 20.8 Å². The Morgan fingerprint density at radius 1 is 1.50 bits per heavy atom. The van der Waals surface area contributed by atoms with E-state index in [4.69, 9.17) is 10.00 Å². The third-order valence-electron chi connectivity index (χ3n) is 4.11. The Hall–Kier alpha value is -2.26. The van der Waals surface area contributed by atoms with E-state index in [1.54, 1.807) is 4.90 Å². The first-order chi connectivity index (χ1) is 11.5. The van der Waals surface area contributed by atoms with E-state index in [9.17, 15) is 4.79 Å². The summed E-state index contributed by atoms with van der Waals surface area (Å²) in [6, 6.07) is 9.84. The van der Waals surface area contributed by atoms with E-state index in [0.29, 0.717) is 13.1 Å². The second-order valence-electron chi connectivity index (χ2n) is 6.17.